The van der Waals surface area contributed by atoms with E-state index in [1.54, 1.807) is 0 Å². The molecular weight excluding hydrogens is 244 g/mol. The summed E-state index contributed by atoms with van der Waals surface area (Å²) in [5, 5.41) is 10.2. The van der Waals surface area contributed by atoms with E-state index in [2.05, 4.69) is 9.97 Å². The van der Waals surface area contributed by atoms with Gasteiger partial charge in [0.25, 0.3) is 0 Å². The molecule has 1 aliphatic rings. The number of ether oxygens (including phenoxy) is 1. The van der Waals surface area contributed by atoms with E-state index in [0.717, 1.165) is 25.8 Å². The standard InChI is InChI=1S/C13H22N4O2/c1-3-7-19-12-10(14)11(15-9-16-12)17-6-4-5-13(2,18)8-17/h9,18H,3-8,14H2,1-2H3. The normalized spacial score (nSPS) is 23.4. The third-order valence-electron chi connectivity index (χ3n) is 3.24. The van der Waals surface area contributed by atoms with Crippen molar-refractivity contribution in [3.63, 3.8) is 0 Å². The van der Waals surface area contributed by atoms with E-state index >= 15 is 0 Å². The van der Waals surface area contributed by atoms with Crippen molar-refractivity contribution in [1.82, 2.24) is 9.97 Å². The Morgan fingerprint density at radius 3 is 3.00 bits per heavy atom. The first kappa shape index (κ1) is 13.9. The van der Waals surface area contributed by atoms with Gasteiger partial charge in [0.05, 0.1) is 12.2 Å². The summed E-state index contributed by atoms with van der Waals surface area (Å²) >= 11 is 0. The average Bonchev–Trinajstić information content (AvgIpc) is 2.36. The van der Waals surface area contributed by atoms with Crippen molar-refractivity contribution in [3.8, 4) is 5.88 Å². The molecule has 0 bridgehead atoms. The monoisotopic (exact) mass is 266 g/mol. The summed E-state index contributed by atoms with van der Waals surface area (Å²) < 4.78 is 5.50. The SMILES string of the molecule is CCCOc1ncnc(N2CCCC(C)(O)C2)c1N. The van der Waals surface area contributed by atoms with Crippen molar-refractivity contribution in [1.29, 1.82) is 0 Å². The van der Waals surface area contributed by atoms with E-state index in [0.29, 0.717) is 30.5 Å². The number of nitrogens with two attached hydrogens (primary N) is 1. The Bertz CT molecular complexity index is 437. The molecule has 1 saturated heterocycles. The van der Waals surface area contributed by atoms with Crippen LogP contribution in [0.15, 0.2) is 6.33 Å². The minimum absolute atomic E-state index is 0.428. The van der Waals surface area contributed by atoms with E-state index in [4.69, 9.17) is 10.5 Å². The van der Waals surface area contributed by atoms with Crippen LogP contribution in [0.25, 0.3) is 0 Å². The van der Waals surface area contributed by atoms with Gasteiger partial charge in [-0.15, -0.1) is 0 Å². The molecule has 0 aromatic carbocycles. The lowest BCUT2D eigenvalue weighted by Gasteiger charge is -2.37. The number of hydrogen-bond acceptors (Lipinski definition) is 6. The van der Waals surface area contributed by atoms with Gasteiger partial charge >= 0.3 is 0 Å². The van der Waals surface area contributed by atoms with Crippen LogP contribution in [0.4, 0.5) is 11.5 Å². The Kier molecular flexibility index (Phi) is 4.09. The largest absolute Gasteiger partial charge is 0.476 e. The Morgan fingerprint density at radius 2 is 2.32 bits per heavy atom. The summed E-state index contributed by atoms with van der Waals surface area (Å²) in [4.78, 5) is 10.3. The Labute approximate surface area is 113 Å². The van der Waals surface area contributed by atoms with E-state index in [1.807, 2.05) is 18.7 Å². The fourth-order valence-corrected chi connectivity index (χ4v) is 2.34. The van der Waals surface area contributed by atoms with Crippen LogP contribution >= 0.6 is 0 Å². The molecule has 1 aromatic rings. The summed E-state index contributed by atoms with van der Waals surface area (Å²) in [5.41, 5.74) is 5.83. The maximum absolute atomic E-state index is 10.2. The predicted molar refractivity (Wildman–Crippen MR) is 74.3 cm³/mol. The minimum Gasteiger partial charge on any atom is -0.476 e. The molecule has 2 rings (SSSR count). The fourth-order valence-electron chi connectivity index (χ4n) is 2.34. The number of nitrogen functional groups attached to an aromatic ring is 1. The summed E-state index contributed by atoms with van der Waals surface area (Å²) in [6.45, 7) is 5.82. The van der Waals surface area contributed by atoms with Gasteiger partial charge < -0.3 is 20.5 Å². The molecule has 0 aliphatic carbocycles. The lowest BCUT2D eigenvalue weighted by Crippen LogP contribution is -2.46. The van der Waals surface area contributed by atoms with Crippen molar-refractivity contribution in [2.75, 3.05) is 30.3 Å². The average molecular weight is 266 g/mol. The molecule has 1 fully saturated rings. The molecule has 2 heterocycles. The minimum atomic E-state index is -0.694. The van der Waals surface area contributed by atoms with E-state index in [1.165, 1.54) is 6.33 Å². The van der Waals surface area contributed by atoms with Gasteiger partial charge in [-0.1, -0.05) is 6.92 Å². The summed E-state index contributed by atoms with van der Waals surface area (Å²) in [7, 11) is 0. The fraction of sp³-hybridized carbons (Fsp3) is 0.692. The lowest BCUT2D eigenvalue weighted by molar-refractivity contribution is 0.0447. The molecule has 1 atom stereocenters. The van der Waals surface area contributed by atoms with Gasteiger partial charge in [-0.2, -0.15) is 4.98 Å². The number of hydrogen-bond donors (Lipinski definition) is 2. The molecule has 6 heteroatoms. The molecule has 0 radical (unpaired) electrons. The second-order valence-corrected chi connectivity index (χ2v) is 5.29. The third kappa shape index (κ3) is 3.26. The van der Waals surface area contributed by atoms with Crippen LogP contribution in [-0.4, -0.2) is 40.4 Å². The molecule has 0 spiro atoms. The highest BCUT2D eigenvalue weighted by Gasteiger charge is 2.30. The first-order valence-electron chi connectivity index (χ1n) is 6.74. The molecule has 1 aromatic heterocycles. The van der Waals surface area contributed by atoms with Crippen molar-refractivity contribution < 1.29 is 9.84 Å². The van der Waals surface area contributed by atoms with Crippen LogP contribution in [0.3, 0.4) is 0 Å². The molecule has 6 nitrogen and oxygen atoms in total. The zero-order valence-corrected chi connectivity index (χ0v) is 11.6. The smallest absolute Gasteiger partial charge is 0.242 e. The number of rotatable bonds is 4. The molecule has 1 aliphatic heterocycles. The number of nitrogens with zero attached hydrogens (tertiary/aromatic N) is 3. The molecule has 1 unspecified atom stereocenters. The lowest BCUT2D eigenvalue weighted by atomic mass is 9.95. The van der Waals surface area contributed by atoms with Crippen LogP contribution < -0.4 is 15.4 Å². The zero-order valence-electron chi connectivity index (χ0n) is 11.6. The van der Waals surface area contributed by atoms with Gasteiger partial charge in [0, 0.05) is 13.1 Å². The van der Waals surface area contributed by atoms with E-state index < -0.39 is 5.60 Å². The van der Waals surface area contributed by atoms with Gasteiger partial charge in [0.1, 0.15) is 12.0 Å². The highest BCUT2D eigenvalue weighted by atomic mass is 16.5. The Morgan fingerprint density at radius 1 is 1.53 bits per heavy atom. The Balaban J connectivity index is 2.19. The first-order chi connectivity index (χ1) is 9.03. The van der Waals surface area contributed by atoms with Gasteiger partial charge in [0.2, 0.25) is 5.88 Å². The third-order valence-corrected chi connectivity index (χ3v) is 3.24. The maximum Gasteiger partial charge on any atom is 0.242 e. The predicted octanol–water partition coefficient (Wildman–Crippen LogP) is 1.20. The summed E-state index contributed by atoms with van der Waals surface area (Å²) in [6, 6.07) is 0. The molecule has 106 valence electrons. The number of anilines is 2. The van der Waals surface area contributed by atoms with Gasteiger partial charge in [0.15, 0.2) is 5.82 Å². The molecule has 19 heavy (non-hydrogen) atoms. The molecule has 3 N–H and O–H groups in total. The highest BCUT2D eigenvalue weighted by Crippen LogP contribution is 2.31. The van der Waals surface area contributed by atoms with Crippen molar-refractivity contribution in [2.24, 2.45) is 0 Å². The molecule has 0 amide bonds. The van der Waals surface area contributed by atoms with Crippen LogP contribution in [0.2, 0.25) is 0 Å². The Hall–Kier alpha value is -1.56. The number of β-amino-alcohol motifs (C(OH)–C–C–N with tert-alkyl or cyclic N) is 1. The van der Waals surface area contributed by atoms with Crippen LogP contribution in [0.1, 0.15) is 33.1 Å². The molecular formula is C13H22N4O2. The van der Waals surface area contributed by atoms with Crippen molar-refractivity contribution in [3.05, 3.63) is 6.33 Å². The summed E-state index contributed by atoms with van der Waals surface area (Å²) in [5.74, 6) is 1.08. The van der Waals surface area contributed by atoms with E-state index in [-0.39, 0.29) is 0 Å². The topological polar surface area (TPSA) is 84.5 Å². The van der Waals surface area contributed by atoms with Crippen LogP contribution in [0, 0.1) is 0 Å². The quantitative estimate of drug-likeness (QED) is 0.852. The van der Waals surface area contributed by atoms with Crippen molar-refractivity contribution >= 4 is 11.5 Å². The van der Waals surface area contributed by atoms with Gasteiger partial charge in [-0.3, -0.25) is 0 Å². The second kappa shape index (κ2) is 5.61. The van der Waals surface area contributed by atoms with Crippen LogP contribution in [0.5, 0.6) is 5.88 Å². The zero-order chi connectivity index (χ0) is 13.9. The van der Waals surface area contributed by atoms with E-state index in [9.17, 15) is 5.11 Å². The molecule has 0 saturated carbocycles. The van der Waals surface area contributed by atoms with Crippen LogP contribution in [-0.2, 0) is 0 Å². The first-order valence-corrected chi connectivity index (χ1v) is 6.74. The number of aromatic nitrogens is 2. The number of aliphatic hydroxyl groups is 1. The summed E-state index contributed by atoms with van der Waals surface area (Å²) in [6.07, 6.45) is 4.08. The maximum atomic E-state index is 10.2. The number of piperidine rings is 1. The van der Waals surface area contributed by atoms with Gasteiger partial charge in [-0.25, -0.2) is 4.98 Å². The van der Waals surface area contributed by atoms with Gasteiger partial charge in [-0.05, 0) is 26.2 Å². The second-order valence-electron chi connectivity index (χ2n) is 5.29. The van der Waals surface area contributed by atoms with Crippen molar-refractivity contribution in [2.45, 2.75) is 38.7 Å². The highest BCUT2D eigenvalue weighted by molar-refractivity contribution is 5.68.